The molecule has 0 aliphatic carbocycles. The lowest BCUT2D eigenvalue weighted by molar-refractivity contribution is -0.0390. The van der Waals surface area contributed by atoms with Crippen LogP contribution in [0, 0.1) is 0 Å². The highest BCUT2D eigenvalue weighted by atomic mass is 16.7. The predicted molar refractivity (Wildman–Crippen MR) is 46.0 cm³/mol. The molecule has 2 heteroatoms. The summed E-state index contributed by atoms with van der Waals surface area (Å²) < 4.78 is 10.9. The summed E-state index contributed by atoms with van der Waals surface area (Å²) in [6.07, 6.45) is 2.10. The molecule has 0 radical (unpaired) electrons. The van der Waals surface area contributed by atoms with Crippen molar-refractivity contribution in [1.82, 2.24) is 0 Å². The first-order valence-electron chi connectivity index (χ1n) is 4.28. The Morgan fingerprint density at radius 1 is 1.25 bits per heavy atom. The van der Waals surface area contributed by atoms with E-state index in [9.17, 15) is 0 Å². The molecule has 1 unspecified atom stereocenters. The first-order valence-corrected chi connectivity index (χ1v) is 4.28. The second kappa shape index (κ2) is 3.59. The Kier molecular flexibility index (Phi) is 2.28. The standard InChI is InChI=1S/C10H12O2/c1-2-5-9(6-3-1)12-10-7-4-8-11-10/h1-3,5-6,10H,4,7-8H2. The van der Waals surface area contributed by atoms with Gasteiger partial charge in [-0.3, -0.25) is 0 Å². The molecule has 2 nitrogen and oxygen atoms in total. The van der Waals surface area contributed by atoms with Crippen LogP contribution in [0.4, 0.5) is 0 Å². The first-order chi connectivity index (χ1) is 5.95. The Bertz CT molecular complexity index is 227. The molecular weight excluding hydrogens is 152 g/mol. The summed E-state index contributed by atoms with van der Waals surface area (Å²) in [6.45, 7) is 0.831. The highest BCUT2D eigenvalue weighted by Crippen LogP contribution is 2.18. The predicted octanol–water partition coefficient (Wildman–Crippen LogP) is 2.20. The van der Waals surface area contributed by atoms with Crippen LogP contribution in [0.1, 0.15) is 12.8 Å². The van der Waals surface area contributed by atoms with Crippen LogP contribution < -0.4 is 4.74 Å². The highest BCUT2D eigenvalue weighted by Gasteiger charge is 2.16. The quantitative estimate of drug-likeness (QED) is 0.667. The van der Waals surface area contributed by atoms with E-state index >= 15 is 0 Å². The Labute approximate surface area is 72.1 Å². The van der Waals surface area contributed by atoms with Gasteiger partial charge in [0, 0.05) is 6.42 Å². The smallest absolute Gasteiger partial charge is 0.199 e. The van der Waals surface area contributed by atoms with Crippen molar-refractivity contribution in [1.29, 1.82) is 0 Å². The molecule has 0 spiro atoms. The van der Waals surface area contributed by atoms with E-state index in [1.54, 1.807) is 0 Å². The van der Waals surface area contributed by atoms with Gasteiger partial charge in [-0.2, -0.15) is 0 Å². The summed E-state index contributed by atoms with van der Waals surface area (Å²) in [6, 6.07) is 9.79. The molecule has 0 aromatic heterocycles. The van der Waals surface area contributed by atoms with Crippen LogP contribution in [0.5, 0.6) is 5.75 Å². The van der Waals surface area contributed by atoms with Crippen LogP contribution in [-0.2, 0) is 4.74 Å². The molecule has 1 fully saturated rings. The third-order valence-corrected chi connectivity index (χ3v) is 1.90. The fourth-order valence-corrected chi connectivity index (χ4v) is 1.29. The molecule has 0 bridgehead atoms. The summed E-state index contributed by atoms with van der Waals surface area (Å²) in [4.78, 5) is 0. The molecule has 1 heterocycles. The van der Waals surface area contributed by atoms with Gasteiger partial charge in [-0.1, -0.05) is 18.2 Å². The molecule has 0 N–H and O–H groups in total. The van der Waals surface area contributed by atoms with E-state index in [1.165, 1.54) is 0 Å². The van der Waals surface area contributed by atoms with E-state index in [0.717, 1.165) is 25.2 Å². The zero-order valence-corrected chi connectivity index (χ0v) is 6.90. The van der Waals surface area contributed by atoms with Crippen LogP contribution in [0.2, 0.25) is 0 Å². The van der Waals surface area contributed by atoms with Crippen molar-refractivity contribution in [2.24, 2.45) is 0 Å². The molecule has 0 amide bonds. The Morgan fingerprint density at radius 2 is 2.08 bits per heavy atom. The van der Waals surface area contributed by atoms with Crippen LogP contribution >= 0.6 is 0 Å². The minimum Gasteiger partial charge on any atom is -0.465 e. The van der Waals surface area contributed by atoms with Crippen molar-refractivity contribution in [2.75, 3.05) is 6.61 Å². The number of para-hydroxylation sites is 1. The van der Waals surface area contributed by atoms with E-state index in [1.807, 2.05) is 30.3 Å². The minimum absolute atomic E-state index is 0.0209. The van der Waals surface area contributed by atoms with Crippen molar-refractivity contribution in [3.63, 3.8) is 0 Å². The van der Waals surface area contributed by atoms with E-state index in [4.69, 9.17) is 9.47 Å². The third kappa shape index (κ3) is 1.77. The summed E-state index contributed by atoms with van der Waals surface area (Å²) in [5.41, 5.74) is 0. The highest BCUT2D eigenvalue weighted by molar-refractivity contribution is 5.21. The topological polar surface area (TPSA) is 18.5 Å². The molecule has 0 saturated carbocycles. The average Bonchev–Trinajstić information content (AvgIpc) is 2.59. The van der Waals surface area contributed by atoms with Crippen molar-refractivity contribution in [3.8, 4) is 5.75 Å². The van der Waals surface area contributed by atoms with Gasteiger partial charge in [-0.15, -0.1) is 0 Å². The van der Waals surface area contributed by atoms with Gasteiger partial charge < -0.3 is 9.47 Å². The first kappa shape index (κ1) is 7.62. The minimum atomic E-state index is -0.0209. The summed E-state index contributed by atoms with van der Waals surface area (Å²) in [5.74, 6) is 0.893. The monoisotopic (exact) mass is 164 g/mol. The van der Waals surface area contributed by atoms with Gasteiger partial charge >= 0.3 is 0 Å². The fraction of sp³-hybridized carbons (Fsp3) is 0.400. The molecule has 1 aliphatic rings. The molecular formula is C10H12O2. The van der Waals surface area contributed by atoms with Crippen LogP contribution in [0.15, 0.2) is 30.3 Å². The van der Waals surface area contributed by atoms with E-state index in [-0.39, 0.29) is 6.29 Å². The summed E-state index contributed by atoms with van der Waals surface area (Å²) >= 11 is 0. The fourth-order valence-electron chi connectivity index (χ4n) is 1.29. The van der Waals surface area contributed by atoms with E-state index in [2.05, 4.69) is 0 Å². The van der Waals surface area contributed by atoms with Crippen molar-refractivity contribution >= 4 is 0 Å². The van der Waals surface area contributed by atoms with Crippen molar-refractivity contribution in [3.05, 3.63) is 30.3 Å². The molecule has 1 saturated heterocycles. The maximum absolute atomic E-state index is 5.55. The lowest BCUT2D eigenvalue weighted by Crippen LogP contribution is -2.13. The Hall–Kier alpha value is -1.02. The molecule has 1 aromatic rings. The number of hydrogen-bond acceptors (Lipinski definition) is 2. The number of rotatable bonds is 2. The molecule has 1 atom stereocenters. The van der Waals surface area contributed by atoms with Gasteiger partial charge in [0.2, 0.25) is 0 Å². The molecule has 12 heavy (non-hydrogen) atoms. The maximum Gasteiger partial charge on any atom is 0.199 e. The molecule has 1 aliphatic heterocycles. The Balaban J connectivity index is 1.94. The third-order valence-electron chi connectivity index (χ3n) is 1.90. The van der Waals surface area contributed by atoms with Crippen LogP contribution in [0.3, 0.4) is 0 Å². The lowest BCUT2D eigenvalue weighted by atomic mass is 10.3. The van der Waals surface area contributed by atoms with E-state index in [0.29, 0.717) is 0 Å². The zero-order valence-electron chi connectivity index (χ0n) is 6.90. The molecule has 2 rings (SSSR count). The van der Waals surface area contributed by atoms with Gasteiger partial charge in [0.1, 0.15) is 5.75 Å². The average molecular weight is 164 g/mol. The van der Waals surface area contributed by atoms with Gasteiger partial charge in [-0.25, -0.2) is 0 Å². The van der Waals surface area contributed by atoms with Crippen molar-refractivity contribution < 1.29 is 9.47 Å². The van der Waals surface area contributed by atoms with Gasteiger partial charge in [0.05, 0.1) is 6.61 Å². The zero-order chi connectivity index (χ0) is 8.23. The van der Waals surface area contributed by atoms with E-state index < -0.39 is 0 Å². The summed E-state index contributed by atoms with van der Waals surface area (Å²) in [7, 11) is 0. The second-order valence-electron chi connectivity index (χ2n) is 2.87. The second-order valence-corrected chi connectivity index (χ2v) is 2.87. The number of hydrogen-bond donors (Lipinski definition) is 0. The lowest BCUT2D eigenvalue weighted by Gasteiger charge is -2.11. The van der Waals surface area contributed by atoms with Gasteiger partial charge in [0.25, 0.3) is 0 Å². The van der Waals surface area contributed by atoms with Crippen LogP contribution in [-0.4, -0.2) is 12.9 Å². The van der Waals surface area contributed by atoms with Gasteiger partial charge in [0.15, 0.2) is 6.29 Å². The van der Waals surface area contributed by atoms with Crippen LogP contribution in [0.25, 0.3) is 0 Å². The number of ether oxygens (including phenoxy) is 2. The van der Waals surface area contributed by atoms with Gasteiger partial charge in [-0.05, 0) is 18.6 Å². The summed E-state index contributed by atoms with van der Waals surface area (Å²) in [5, 5.41) is 0. The largest absolute Gasteiger partial charge is 0.465 e. The maximum atomic E-state index is 5.55. The molecule has 64 valence electrons. The normalized spacial score (nSPS) is 22.5. The SMILES string of the molecule is c1ccc(OC2CCCO2)cc1. The van der Waals surface area contributed by atoms with Crippen molar-refractivity contribution in [2.45, 2.75) is 19.1 Å². The Morgan fingerprint density at radius 3 is 2.75 bits per heavy atom. The number of benzene rings is 1. The molecule has 1 aromatic carbocycles.